The summed E-state index contributed by atoms with van der Waals surface area (Å²) in [4.78, 5) is 30.4. The van der Waals surface area contributed by atoms with Crippen LogP contribution < -0.4 is 4.74 Å². The zero-order valence-electron chi connectivity index (χ0n) is 20.9. The summed E-state index contributed by atoms with van der Waals surface area (Å²) >= 11 is 0. The van der Waals surface area contributed by atoms with E-state index < -0.39 is 6.10 Å². The van der Waals surface area contributed by atoms with Gasteiger partial charge in [-0.2, -0.15) is 0 Å². The molecule has 0 spiro atoms. The maximum Gasteiger partial charge on any atom is 0.263 e. The SMILES string of the molecule is Cc1cccc([C@H]2c3cc(O[C@H](C)C(=O)N4CCOCC4)ccc3CCN2C(=O)C2CCCC2)c1. The highest BCUT2D eigenvalue weighted by molar-refractivity contribution is 5.81. The highest BCUT2D eigenvalue weighted by atomic mass is 16.5. The molecule has 5 rings (SSSR count). The van der Waals surface area contributed by atoms with Crippen molar-refractivity contribution in [2.24, 2.45) is 5.92 Å². The Labute approximate surface area is 208 Å². The molecule has 0 N–H and O–H groups in total. The van der Waals surface area contributed by atoms with E-state index in [1.165, 1.54) is 11.1 Å². The molecule has 2 fully saturated rings. The third kappa shape index (κ3) is 5.08. The summed E-state index contributed by atoms with van der Waals surface area (Å²) in [6, 6.07) is 14.5. The van der Waals surface area contributed by atoms with E-state index in [1.54, 1.807) is 0 Å². The lowest BCUT2D eigenvalue weighted by Gasteiger charge is -2.39. The Morgan fingerprint density at radius 3 is 2.54 bits per heavy atom. The summed E-state index contributed by atoms with van der Waals surface area (Å²) in [5.74, 6) is 1.07. The zero-order chi connectivity index (χ0) is 24.4. The van der Waals surface area contributed by atoms with Gasteiger partial charge in [0.2, 0.25) is 5.91 Å². The number of morpholine rings is 1. The third-order valence-corrected chi connectivity index (χ3v) is 7.67. The van der Waals surface area contributed by atoms with Gasteiger partial charge in [-0.15, -0.1) is 0 Å². The number of hydrogen-bond donors (Lipinski definition) is 0. The Kier molecular flexibility index (Phi) is 7.09. The van der Waals surface area contributed by atoms with E-state index in [-0.39, 0.29) is 23.8 Å². The predicted octanol–water partition coefficient (Wildman–Crippen LogP) is 4.29. The van der Waals surface area contributed by atoms with Gasteiger partial charge in [0.1, 0.15) is 5.75 Å². The van der Waals surface area contributed by atoms with Crippen molar-refractivity contribution in [2.45, 2.75) is 58.1 Å². The summed E-state index contributed by atoms with van der Waals surface area (Å²) in [5, 5.41) is 0. The lowest BCUT2D eigenvalue weighted by molar-refractivity contribution is -0.142. The molecule has 2 aromatic carbocycles. The van der Waals surface area contributed by atoms with Crippen molar-refractivity contribution in [3.8, 4) is 5.75 Å². The number of carbonyl (C=O) groups is 2. The summed E-state index contributed by atoms with van der Waals surface area (Å²) < 4.78 is 11.5. The maximum atomic E-state index is 13.6. The van der Waals surface area contributed by atoms with Crippen molar-refractivity contribution in [1.29, 1.82) is 0 Å². The molecule has 2 heterocycles. The fourth-order valence-corrected chi connectivity index (χ4v) is 5.81. The minimum Gasteiger partial charge on any atom is -0.481 e. The standard InChI is InChI=1S/C29H36N2O4/c1-20-6-5-9-24(18-20)27-26-19-25(35-21(2)28(32)30-14-16-34-17-15-30)11-10-22(26)12-13-31(27)29(33)23-7-3-4-8-23/h5-6,9-11,18-19,21,23,27H,3-4,7-8,12-17H2,1-2H3/t21-,27+/m1/s1. The van der Waals surface area contributed by atoms with Gasteiger partial charge in [0.05, 0.1) is 19.3 Å². The maximum absolute atomic E-state index is 13.6. The summed E-state index contributed by atoms with van der Waals surface area (Å²) in [6.45, 7) is 6.97. The number of nitrogens with zero attached hydrogens (tertiary/aromatic N) is 2. The first-order chi connectivity index (χ1) is 17.0. The number of aryl methyl sites for hydroxylation is 1. The normalized spacial score (nSPS) is 21.5. The monoisotopic (exact) mass is 476 g/mol. The molecule has 3 aliphatic rings. The first-order valence-corrected chi connectivity index (χ1v) is 13.0. The quantitative estimate of drug-likeness (QED) is 0.646. The molecule has 6 heteroatoms. The Hall–Kier alpha value is -2.86. The van der Waals surface area contributed by atoms with Crippen LogP contribution >= 0.6 is 0 Å². The molecule has 1 aliphatic carbocycles. The second-order valence-electron chi connectivity index (χ2n) is 10.1. The zero-order valence-corrected chi connectivity index (χ0v) is 20.9. The van der Waals surface area contributed by atoms with Crippen molar-refractivity contribution in [1.82, 2.24) is 9.80 Å². The average molecular weight is 477 g/mol. The van der Waals surface area contributed by atoms with Crippen LogP contribution in [0.15, 0.2) is 42.5 Å². The van der Waals surface area contributed by atoms with Gasteiger partial charge in [0.15, 0.2) is 6.10 Å². The van der Waals surface area contributed by atoms with E-state index in [1.807, 2.05) is 17.9 Å². The van der Waals surface area contributed by atoms with Crippen molar-refractivity contribution < 1.29 is 19.1 Å². The molecule has 2 atom stereocenters. The van der Waals surface area contributed by atoms with Crippen LogP contribution in [0.4, 0.5) is 0 Å². The van der Waals surface area contributed by atoms with E-state index in [0.717, 1.165) is 49.8 Å². The molecule has 0 radical (unpaired) electrons. The summed E-state index contributed by atoms with van der Waals surface area (Å²) in [6.07, 6.45) is 4.52. The van der Waals surface area contributed by atoms with Gasteiger partial charge in [0.25, 0.3) is 5.91 Å². The van der Waals surface area contributed by atoms with Crippen LogP contribution in [0.2, 0.25) is 0 Å². The summed E-state index contributed by atoms with van der Waals surface area (Å²) in [7, 11) is 0. The molecule has 1 saturated heterocycles. The Morgan fingerprint density at radius 1 is 1.03 bits per heavy atom. The molecule has 186 valence electrons. The van der Waals surface area contributed by atoms with Crippen LogP contribution in [-0.4, -0.2) is 60.6 Å². The molecule has 0 bridgehead atoms. The molecule has 2 aromatic rings. The fourth-order valence-electron chi connectivity index (χ4n) is 5.81. The molecule has 35 heavy (non-hydrogen) atoms. The van der Waals surface area contributed by atoms with Crippen LogP contribution in [0, 0.1) is 12.8 Å². The van der Waals surface area contributed by atoms with Crippen molar-refractivity contribution in [2.75, 3.05) is 32.8 Å². The number of fused-ring (bicyclic) bond motifs is 1. The lowest BCUT2D eigenvalue weighted by Crippen LogP contribution is -2.46. The van der Waals surface area contributed by atoms with Crippen LogP contribution in [0.5, 0.6) is 5.75 Å². The van der Waals surface area contributed by atoms with Crippen LogP contribution in [0.1, 0.15) is 60.9 Å². The summed E-state index contributed by atoms with van der Waals surface area (Å²) in [5.41, 5.74) is 4.66. The molecule has 0 unspecified atom stereocenters. The van der Waals surface area contributed by atoms with Gasteiger partial charge in [-0.05, 0) is 61.9 Å². The fraction of sp³-hybridized carbons (Fsp3) is 0.517. The van der Waals surface area contributed by atoms with Crippen LogP contribution in [0.3, 0.4) is 0 Å². The second-order valence-corrected chi connectivity index (χ2v) is 10.1. The predicted molar refractivity (Wildman–Crippen MR) is 134 cm³/mol. The van der Waals surface area contributed by atoms with Crippen molar-refractivity contribution >= 4 is 11.8 Å². The highest BCUT2D eigenvalue weighted by Crippen LogP contribution is 2.40. The van der Waals surface area contributed by atoms with Gasteiger partial charge in [-0.25, -0.2) is 0 Å². The van der Waals surface area contributed by atoms with Gasteiger partial charge in [-0.3, -0.25) is 9.59 Å². The van der Waals surface area contributed by atoms with Gasteiger partial charge in [-0.1, -0.05) is 48.7 Å². The van der Waals surface area contributed by atoms with Crippen LogP contribution in [-0.2, 0) is 20.7 Å². The van der Waals surface area contributed by atoms with Crippen LogP contribution in [0.25, 0.3) is 0 Å². The van der Waals surface area contributed by atoms with Crippen molar-refractivity contribution in [3.63, 3.8) is 0 Å². The minimum atomic E-state index is -0.580. The molecular weight excluding hydrogens is 440 g/mol. The van der Waals surface area contributed by atoms with E-state index in [2.05, 4.69) is 48.2 Å². The van der Waals surface area contributed by atoms with Gasteiger partial charge >= 0.3 is 0 Å². The first-order valence-electron chi connectivity index (χ1n) is 13.0. The number of rotatable bonds is 5. The Balaban J connectivity index is 1.44. The second kappa shape index (κ2) is 10.4. The molecule has 2 aliphatic heterocycles. The number of benzene rings is 2. The van der Waals surface area contributed by atoms with E-state index in [9.17, 15) is 9.59 Å². The Bertz CT molecular complexity index is 1070. The van der Waals surface area contributed by atoms with E-state index in [4.69, 9.17) is 9.47 Å². The lowest BCUT2D eigenvalue weighted by atomic mass is 9.86. The largest absolute Gasteiger partial charge is 0.481 e. The number of ether oxygens (including phenoxy) is 2. The average Bonchev–Trinajstić information content (AvgIpc) is 3.43. The first kappa shape index (κ1) is 23.9. The topological polar surface area (TPSA) is 59.1 Å². The molecule has 0 aromatic heterocycles. The van der Waals surface area contributed by atoms with E-state index >= 15 is 0 Å². The van der Waals surface area contributed by atoms with Gasteiger partial charge in [0, 0.05) is 25.6 Å². The molecule has 2 amide bonds. The smallest absolute Gasteiger partial charge is 0.263 e. The molecule has 6 nitrogen and oxygen atoms in total. The molecule has 1 saturated carbocycles. The number of hydrogen-bond acceptors (Lipinski definition) is 4. The minimum absolute atomic E-state index is 0.0145. The number of amides is 2. The van der Waals surface area contributed by atoms with Crippen molar-refractivity contribution in [3.05, 3.63) is 64.7 Å². The number of carbonyl (C=O) groups excluding carboxylic acids is 2. The highest BCUT2D eigenvalue weighted by Gasteiger charge is 2.36. The van der Waals surface area contributed by atoms with E-state index in [0.29, 0.717) is 32.1 Å². The van der Waals surface area contributed by atoms with Gasteiger partial charge < -0.3 is 19.3 Å². The third-order valence-electron chi connectivity index (χ3n) is 7.67. The Morgan fingerprint density at radius 2 is 1.80 bits per heavy atom. The molecular formula is C29H36N2O4.